The Morgan fingerprint density at radius 3 is 2.56 bits per heavy atom. The molecule has 8 nitrogen and oxygen atoms in total. The van der Waals surface area contributed by atoms with Crippen molar-refractivity contribution in [1.82, 2.24) is 24.0 Å². The van der Waals surface area contributed by atoms with Crippen LogP contribution in [-0.4, -0.2) is 53.7 Å². The van der Waals surface area contributed by atoms with Crippen LogP contribution < -0.4 is 5.56 Å². The highest BCUT2D eigenvalue weighted by Crippen LogP contribution is 2.39. The lowest BCUT2D eigenvalue weighted by molar-refractivity contribution is -0.142. The highest BCUT2D eigenvalue weighted by molar-refractivity contribution is 5.80. The number of hydrogen-bond acceptors (Lipinski definition) is 5. The van der Waals surface area contributed by atoms with Crippen LogP contribution in [-0.2, 0) is 17.9 Å². The molecular weight excluding hydrogens is 490 g/mol. The summed E-state index contributed by atoms with van der Waals surface area (Å²) in [6.45, 7) is 1.74. The van der Waals surface area contributed by atoms with Crippen LogP contribution in [0.4, 0.5) is 0 Å². The maximum atomic E-state index is 13.6. The van der Waals surface area contributed by atoms with E-state index in [9.17, 15) is 14.7 Å². The number of benzene rings is 1. The van der Waals surface area contributed by atoms with E-state index in [4.69, 9.17) is 0 Å². The van der Waals surface area contributed by atoms with Gasteiger partial charge in [0.05, 0.1) is 24.1 Å². The van der Waals surface area contributed by atoms with Crippen LogP contribution in [0.15, 0.2) is 78.2 Å². The molecule has 3 aromatic heterocycles. The SMILES string of the molecule is O=C([C@@H]1CCCC[C@H]1c1ccccc1)N1CCC(O)(Cn2cnc3c(ccn3Cc3cccnc3)c2=O)CC1. The van der Waals surface area contributed by atoms with Gasteiger partial charge < -0.3 is 14.6 Å². The molecule has 0 spiro atoms. The van der Waals surface area contributed by atoms with Gasteiger partial charge in [0.1, 0.15) is 12.0 Å². The average molecular weight is 526 g/mol. The van der Waals surface area contributed by atoms with Gasteiger partial charge in [0, 0.05) is 37.6 Å². The molecule has 1 aliphatic heterocycles. The zero-order valence-corrected chi connectivity index (χ0v) is 22.2. The first-order valence-electron chi connectivity index (χ1n) is 14.0. The van der Waals surface area contributed by atoms with Gasteiger partial charge in [-0.05, 0) is 54.9 Å². The number of aliphatic hydroxyl groups is 1. The van der Waals surface area contributed by atoms with Crippen molar-refractivity contribution in [3.63, 3.8) is 0 Å². The molecule has 1 aliphatic carbocycles. The lowest BCUT2D eigenvalue weighted by atomic mass is 9.74. The number of carbonyl (C=O) groups excluding carboxylic acids is 1. The zero-order chi connectivity index (χ0) is 26.8. The molecule has 2 aliphatic rings. The minimum atomic E-state index is -1.06. The predicted molar refractivity (Wildman–Crippen MR) is 149 cm³/mol. The second-order valence-electron chi connectivity index (χ2n) is 11.2. The summed E-state index contributed by atoms with van der Waals surface area (Å²) in [6, 6.07) is 16.1. The van der Waals surface area contributed by atoms with Gasteiger partial charge in [-0.2, -0.15) is 0 Å². The second-order valence-corrected chi connectivity index (χ2v) is 11.2. The highest BCUT2D eigenvalue weighted by atomic mass is 16.3. The van der Waals surface area contributed by atoms with E-state index < -0.39 is 5.60 Å². The molecule has 8 heteroatoms. The van der Waals surface area contributed by atoms with E-state index in [1.165, 1.54) is 16.5 Å². The number of likely N-dealkylation sites (tertiary alicyclic amines) is 1. The number of pyridine rings is 1. The lowest BCUT2D eigenvalue weighted by Crippen LogP contribution is -2.51. The number of nitrogens with zero attached hydrogens (tertiary/aromatic N) is 5. The van der Waals surface area contributed by atoms with Crippen LogP contribution >= 0.6 is 0 Å². The molecule has 1 N–H and O–H groups in total. The molecule has 1 amide bonds. The first-order chi connectivity index (χ1) is 19.0. The summed E-state index contributed by atoms with van der Waals surface area (Å²) in [5.74, 6) is 0.466. The molecule has 1 saturated heterocycles. The molecule has 2 atom stereocenters. The molecule has 39 heavy (non-hydrogen) atoms. The maximum Gasteiger partial charge on any atom is 0.262 e. The Balaban J connectivity index is 1.12. The quantitative estimate of drug-likeness (QED) is 0.411. The van der Waals surface area contributed by atoms with Crippen molar-refractivity contribution in [3.8, 4) is 0 Å². The third-order valence-electron chi connectivity index (χ3n) is 8.60. The van der Waals surface area contributed by atoms with Gasteiger partial charge in [-0.25, -0.2) is 4.98 Å². The second kappa shape index (κ2) is 10.8. The number of piperidine rings is 1. The summed E-state index contributed by atoms with van der Waals surface area (Å²) in [6.07, 6.45) is 12.0. The Morgan fingerprint density at radius 2 is 1.79 bits per heavy atom. The summed E-state index contributed by atoms with van der Waals surface area (Å²) < 4.78 is 3.45. The van der Waals surface area contributed by atoms with Crippen molar-refractivity contribution in [2.45, 2.75) is 63.1 Å². The molecule has 2 fully saturated rings. The van der Waals surface area contributed by atoms with E-state index in [1.54, 1.807) is 18.5 Å². The fourth-order valence-electron chi connectivity index (χ4n) is 6.41. The van der Waals surface area contributed by atoms with E-state index in [2.05, 4.69) is 34.2 Å². The molecule has 202 valence electrons. The van der Waals surface area contributed by atoms with E-state index in [0.29, 0.717) is 43.5 Å². The summed E-state index contributed by atoms with van der Waals surface area (Å²) >= 11 is 0. The zero-order valence-electron chi connectivity index (χ0n) is 22.2. The predicted octanol–water partition coefficient (Wildman–Crippen LogP) is 3.97. The molecule has 1 saturated carbocycles. The number of fused-ring (bicyclic) bond motifs is 1. The molecule has 0 unspecified atom stereocenters. The molecule has 0 bridgehead atoms. The Labute approximate surface area is 227 Å². The van der Waals surface area contributed by atoms with Crippen molar-refractivity contribution >= 4 is 16.9 Å². The first-order valence-corrected chi connectivity index (χ1v) is 14.0. The van der Waals surface area contributed by atoms with Crippen LogP contribution in [0.1, 0.15) is 55.6 Å². The van der Waals surface area contributed by atoms with Crippen molar-refractivity contribution in [2.24, 2.45) is 5.92 Å². The number of carbonyl (C=O) groups is 1. The minimum absolute atomic E-state index is 0.00252. The van der Waals surface area contributed by atoms with Gasteiger partial charge in [0.15, 0.2) is 0 Å². The summed E-state index contributed by atoms with van der Waals surface area (Å²) in [4.78, 5) is 37.6. The van der Waals surface area contributed by atoms with Crippen molar-refractivity contribution in [2.75, 3.05) is 13.1 Å². The number of amides is 1. The van der Waals surface area contributed by atoms with Crippen LogP contribution in [0.25, 0.3) is 11.0 Å². The van der Waals surface area contributed by atoms with Crippen LogP contribution in [0.3, 0.4) is 0 Å². The molecule has 6 rings (SSSR count). The number of aromatic nitrogens is 4. The topological polar surface area (TPSA) is 93.2 Å². The summed E-state index contributed by atoms with van der Waals surface area (Å²) in [5, 5.41) is 12.0. The van der Waals surface area contributed by atoms with Crippen LogP contribution in [0.5, 0.6) is 0 Å². The average Bonchev–Trinajstić information content (AvgIpc) is 3.39. The monoisotopic (exact) mass is 525 g/mol. The molecule has 4 aromatic rings. The van der Waals surface area contributed by atoms with Gasteiger partial charge in [-0.1, -0.05) is 49.2 Å². The number of rotatable bonds is 6. The molecule has 1 aromatic carbocycles. The lowest BCUT2D eigenvalue weighted by Gasteiger charge is -2.41. The minimum Gasteiger partial charge on any atom is -0.388 e. The Kier molecular flexibility index (Phi) is 7.04. The van der Waals surface area contributed by atoms with Gasteiger partial charge >= 0.3 is 0 Å². The first kappa shape index (κ1) is 25.5. The van der Waals surface area contributed by atoms with E-state index in [1.807, 2.05) is 33.9 Å². The Bertz CT molecular complexity index is 1490. The van der Waals surface area contributed by atoms with Crippen molar-refractivity contribution < 1.29 is 9.90 Å². The van der Waals surface area contributed by atoms with Crippen molar-refractivity contribution in [1.29, 1.82) is 0 Å². The van der Waals surface area contributed by atoms with E-state index >= 15 is 0 Å². The van der Waals surface area contributed by atoms with Gasteiger partial charge in [-0.15, -0.1) is 0 Å². The molecule has 4 heterocycles. The van der Waals surface area contributed by atoms with Crippen LogP contribution in [0.2, 0.25) is 0 Å². The molecule has 0 radical (unpaired) electrons. The fourth-order valence-corrected chi connectivity index (χ4v) is 6.41. The maximum absolute atomic E-state index is 13.6. The third kappa shape index (κ3) is 5.26. The van der Waals surface area contributed by atoms with Crippen LogP contribution in [0, 0.1) is 5.92 Å². The van der Waals surface area contributed by atoms with Gasteiger partial charge in [-0.3, -0.25) is 19.1 Å². The molecular formula is C31H35N5O3. The number of hydrogen-bond donors (Lipinski definition) is 1. The highest BCUT2D eigenvalue weighted by Gasteiger charge is 2.39. The largest absolute Gasteiger partial charge is 0.388 e. The standard InChI is InChI=1S/C31H35N5O3/c37-29(26-11-5-4-10-25(26)24-8-2-1-3-9-24)34-17-13-31(39,14-18-34)21-36-22-33-28-27(30(36)38)12-16-35(28)20-23-7-6-15-32-19-23/h1-3,6-9,12,15-16,19,22,25-26,39H,4-5,10-11,13-14,17-18,20-21H2/t25-,26+/m0/s1. The van der Waals surface area contributed by atoms with Gasteiger partial charge in [0.2, 0.25) is 5.91 Å². The van der Waals surface area contributed by atoms with Crippen molar-refractivity contribution in [3.05, 3.63) is 94.9 Å². The smallest absolute Gasteiger partial charge is 0.262 e. The van der Waals surface area contributed by atoms with Gasteiger partial charge in [0.25, 0.3) is 5.56 Å². The summed E-state index contributed by atoms with van der Waals surface area (Å²) in [5.41, 5.74) is 1.68. The third-order valence-corrected chi connectivity index (χ3v) is 8.60. The normalized spacial score (nSPS) is 21.2. The Morgan fingerprint density at radius 1 is 1.00 bits per heavy atom. The fraction of sp³-hybridized carbons (Fsp3) is 0.419. The Hall–Kier alpha value is -3.78. The van der Waals surface area contributed by atoms with E-state index in [0.717, 1.165) is 31.2 Å². The van der Waals surface area contributed by atoms with E-state index in [-0.39, 0.29) is 29.8 Å². The summed E-state index contributed by atoms with van der Waals surface area (Å²) in [7, 11) is 0.